The van der Waals surface area contributed by atoms with Gasteiger partial charge >= 0.3 is 0 Å². The summed E-state index contributed by atoms with van der Waals surface area (Å²) in [6.07, 6.45) is 8.87. The van der Waals surface area contributed by atoms with Crippen molar-refractivity contribution in [3.05, 3.63) is 0 Å². The second-order valence-electron chi connectivity index (χ2n) is 10.0. The minimum absolute atomic E-state index is 0.0437. The summed E-state index contributed by atoms with van der Waals surface area (Å²) in [4.78, 5) is 12.2. The van der Waals surface area contributed by atoms with E-state index in [9.17, 15) is 15.0 Å². The molecule has 4 aliphatic carbocycles. The molecule has 0 aromatic carbocycles. The lowest BCUT2D eigenvalue weighted by molar-refractivity contribution is -0.210. The van der Waals surface area contributed by atoms with Gasteiger partial charge in [0.25, 0.3) is 0 Å². The predicted octanol–water partition coefficient (Wildman–Crippen LogP) is 3.71. The number of carbonyl (C=O) groups is 1. The molecule has 8 atom stereocenters. The summed E-state index contributed by atoms with van der Waals surface area (Å²) in [5, 5.41) is 21.9. The topological polar surface area (TPSA) is 57.5 Å². The van der Waals surface area contributed by atoms with Gasteiger partial charge in [0.05, 0.1) is 11.7 Å². The first-order chi connectivity index (χ1) is 11.2. The number of hydrogen-bond acceptors (Lipinski definition) is 3. The number of hydrogen-bond donors (Lipinski definition) is 2. The average molecular weight is 335 g/mol. The number of aliphatic hydroxyl groups excluding tert-OH is 1. The van der Waals surface area contributed by atoms with Crippen molar-refractivity contribution >= 4 is 5.78 Å². The van der Waals surface area contributed by atoms with E-state index >= 15 is 0 Å². The Morgan fingerprint density at radius 2 is 1.71 bits per heavy atom. The van der Waals surface area contributed by atoms with Gasteiger partial charge in [-0.2, -0.15) is 0 Å². The maximum absolute atomic E-state index is 12.2. The van der Waals surface area contributed by atoms with Crippen molar-refractivity contribution in [1.82, 2.24) is 0 Å². The van der Waals surface area contributed by atoms with Crippen LogP contribution in [-0.4, -0.2) is 27.7 Å². The lowest BCUT2D eigenvalue weighted by Gasteiger charge is -2.63. The predicted molar refractivity (Wildman–Crippen MR) is 93.4 cm³/mol. The third-order valence-electron chi connectivity index (χ3n) is 9.32. The van der Waals surface area contributed by atoms with Crippen LogP contribution in [0.25, 0.3) is 0 Å². The van der Waals surface area contributed by atoms with E-state index < -0.39 is 5.60 Å². The normalized spacial score (nSPS) is 57.0. The fourth-order valence-corrected chi connectivity index (χ4v) is 7.85. The van der Waals surface area contributed by atoms with Crippen LogP contribution in [0.3, 0.4) is 0 Å². The summed E-state index contributed by atoms with van der Waals surface area (Å²) < 4.78 is 0. The van der Waals surface area contributed by atoms with Gasteiger partial charge in [-0.3, -0.25) is 4.79 Å². The number of rotatable bonds is 1. The number of ketones is 1. The Bertz CT molecular complexity index is 545. The zero-order chi connectivity index (χ0) is 17.3. The molecule has 24 heavy (non-hydrogen) atoms. The van der Waals surface area contributed by atoms with Crippen LogP contribution in [0, 0.1) is 34.5 Å². The number of fused-ring (bicyclic) bond motifs is 5. The minimum Gasteiger partial charge on any atom is -0.393 e. The van der Waals surface area contributed by atoms with Gasteiger partial charge in [-0.15, -0.1) is 0 Å². The van der Waals surface area contributed by atoms with E-state index in [-0.39, 0.29) is 28.6 Å². The van der Waals surface area contributed by atoms with Gasteiger partial charge in [-0.1, -0.05) is 13.8 Å². The van der Waals surface area contributed by atoms with Crippen LogP contribution in [0.2, 0.25) is 0 Å². The van der Waals surface area contributed by atoms with E-state index in [1.165, 1.54) is 0 Å². The molecule has 3 nitrogen and oxygen atoms in total. The summed E-state index contributed by atoms with van der Waals surface area (Å²) >= 11 is 0. The first-order valence-electron chi connectivity index (χ1n) is 10.1. The third kappa shape index (κ3) is 2.00. The Morgan fingerprint density at radius 3 is 2.42 bits per heavy atom. The van der Waals surface area contributed by atoms with Gasteiger partial charge in [0.15, 0.2) is 0 Å². The maximum Gasteiger partial charge on any atom is 0.133 e. The maximum atomic E-state index is 12.2. The van der Waals surface area contributed by atoms with Crippen molar-refractivity contribution in [2.75, 3.05) is 0 Å². The Labute approximate surface area is 146 Å². The molecule has 0 unspecified atom stereocenters. The van der Waals surface area contributed by atoms with Crippen molar-refractivity contribution < 1.29 is 15.0 Å². The van der Waals surface area contributed by atoms with E-state index in [1.807, 2.05) is 0 Å². The van der Waals surface area contributed by atoms with Gasteiger partial charge in [-0.05, 0) is 87.9 Å². The molecule has 3 heteroatoms. The van der Waals surface area contributed by atoms with Crippen LogP contribution in [0.4, 0.5) is 0 Å². The molecule has 0 heterocycles. The molecule has 2 N–H and O–H groups in total. The third-order valence-corrected chi connectivity index (χ3v) is 9.32. The number of carbonyl (C=O) groups excluding carboxylic acids is 1. The summed E-state index contributed by atoms with van der Waals surface area (Å²) in [6, 6.07) is 0. The standard InChI is InChI=1S/C21H34O3/c1-13(22)16-8-11-21(24)18-5-4-14-12-15(23)6-9-19(14,2)17(18)7-10-20(16,21)3/h14-18,23-24H,4-12H2,1-3H3/t14-,15-,16-,17-,18+,19-,20+,21-/m0/s1. The van der Waals surface area contributed by atoms with Crippen molar-refractivity contribution in [2.24, 2.45) is 34.5 Å². The summed E-state index contributed by atoms with van der Waals surface area (Å²) in [6.45, 7) is 6.35. The van der Waals surface area contributed by atoms with Crippen molar-refractivity contribution in [3.8, 4) is 0 Å². The molecule has 0 amide bonds. The van der Waals surface area contributed by atoms with Gasteiger partial charge in [0.1, 0.15) is 5.78 Å². The van der Waals surface area contributed by atoms with Crippen LogP contribution in [0.1, 0.15) is 78.6 Å². The van der Waals surface area contributed by atoms with Crippen LogP contribution in [0.5, 0.6) is 0 Å². The second kappa shape index (κ2) is 5.30. The van der Waals surface area contributed by atoms with Crippen molar-refractivity contribution in [2.45, 2.75) is 90.3 Å². The molecule has 4 rings (SSSR count). The zero-order valence-corrected chi connectivity index (χ0v) is 15.6. The first kappa shape index (κ1) is 17.0. The van der Waals surface area contributed by atoms with Gasteiger partial charge < -0.3 is 10.2 Å². The van der Waals surface area contributed by atoms with Crippen LogP contribution in [0.15, 0.2) is 0 Å². The fourth-order valence-electron chi connectivity index (χ4n) is 7.85. The minimum atomic E-state index is -0.656. The van der Waals surface area contributed by atoms with Gasteiger partial charge in [-0.25, -0.2) is 0 Å². The highest BCUT2D eigenvalue weighted by Crippen LogP contribution is 2.69. The monoisotopic (exact) mass is 334 g/mol. The van der Waals surface area contributed by atoms with Gasteiger partial charge in [0.2, 0.25) is 0 Å². The lowest BCUT2D eigenvalue weighted by Crippen LogP contribution is -2.62. The molecule has 4 saturated carbocycles. The van der Waals surface area contributed by atoms with E-state index in [2.05, 4.69) is 13.8 Å². The highest BCUT2D eigenvalue weighted by atomic mass is 16.3. The quantitative estimate of drug-likeness (QED) is 0.768. The highest BCUT2D eigenvalue weighted by molar-refractivity contribution is 5.80. The van der Waals surface area contributed by atoms with Crippen LogP contribution >= 0.6 is 0 Å². The largest absolute Gasteiger partial charge is 0.393 e. The van der Waals surface area contributed by atoms with E-state index in [4.69, 9.17) is 0 Å². The average Bonchev–Trinajstić information content (AvgIpc) is 2.80. The first-order valence-corrected chi connectivity index (χ1v) is 10.1. The van der Waals surface area contributed by atoms with Gasteiger partial charge in [0, 0.05) is 11.3 Å². The van der Waals surface area contributed by atoms with E-state index in [0.717, 1.165) is 57.8 Å². The molecular weight excluding hydrogens is 300 g/mol. The van der Waals surface area contributed by atoms with Crippen LogP contribution < -0.4 is 0 Å². The molecule has 0 aliphatic heterocycles. The molecule has 0 aromatic rings. The second-order valence-corrected chi connectivity index (χ2v) is 10.0. The number of aliphatic hydroxyl groups is 2. The Morgan fingerprint density at radius 1 is 0.958 bits per heavy atom. The molecule has 0 aromatic heterocycles. The summed E-state index contributed by atoms with van der Waals surface area (Å²) in [5.74, 6) is 1.83. The highest BCUT2D eigenvalue weighted by Gasteiger charge is 2.67. The van der Waals surface area contributed by atoms with E-state index in [0.29, 0.717) is 17.8 Å². The SMILES string of the molecule is CC(=O)[C@@H]1CC[C@]2(O)[C@@H]3CC[C@H]4C[C@@H](O)CC[C@]4(C)[C@H]3CC[C@]12C. The smallest absolute Gasteiger partial charge is 0.133 e. The molecule has 0 spiro atoms. The van der Waals surface area contributed by atoms with Crippen molar-refractivity contribution in [3.63, 3.8) is 0 Å². The lowest BCUT2D eigenvalue weighted by atomic mass is 9.43. The molecule has 4 aliphatic rings. The van der Waals surface area contributed by atoms with E-state index in [1.54, 1.807) is 6.92 Å². The molecular formula is C21H34O3. The van der Waals surface area contributed by atoms with Crippen LogP contribution in [-0.2, 0) is 4.79 Å². The van der Waals surface area contributed by atoms with Crippen molar-refractivity contribution in [1.29, 1.82) is 0 Å². The number of Topliss-reactive ketones (excluding diaryl/α,β-unsaturated/α-hetero) is 1. The summed E-state index contributed by atoms with van der Waals surface area (Å²) in [7, 11) is 0. The Balaban J connectivity index is 1.68. The molecule has 0 radical (unpaired) electrons. The zero-order valence-electron chi connectivity index (χ0n) is 15.6. The Hall–Kier alpha value is -0.410. The molecule has 136 valence electrons. The Kier molecular flexibility index (Phi) is 3.76. The molecule has 0 bridgehead atoms. The molecule has 0 saturated heterocycles. The fraction of sp³-hybridized carbons (Fsp3) is 0.952. The molecule has 4 fully saturated rings. The summed E-state index contributed by atoms with van der Waals surface area (Å²) in [5.41, 5.74) is -0.610.